The molecule has 3 N–H and O–H groups in total. The number of alkyl halides is 3. The lowest BCUT2D eigenvalue weighted by atomic mass is 9.93. The van der Waals surface area contributed by atoms with Crippen molar-refractivity contribution in [1.82, 2.24) is 10.5 Å². The highest BCUT2D eigenvalue weighted by Crippen LogP contribution is 2.42. The molecule has 0 saturated heterocycles. The highest BCUT2D eigenvalue weighted by atomic mass is 35.5. The SMILES string of the molecule is CC(C)(C)c1cc(CNCC(=O)Nc2c(Cl)cc(C(C)(O)C(F)(F)F)cc2Cl)no1. The van der Waals surface area contributed by atoms with Crippen molar-refractivity contribution in [2.45, 2.75) is 51.4 Å². The summed E-state index contributed by atoms with van der Waals surface area (Å²) in [6, 6.07) is 3.60. The van der Waals surface area contributed by atoms with Gasteiger partial charge in [-0.05, 0) is 24.6 Å². The largest absolute Gasteiger partial charge is 0.421 e. The minimum atomic E-state index is -4.93. The first kappa shape index (κ1) is 24.5. The fourth-order valence-corrected chi connectivity index (χ4v) is 2.96. The zero-order valence-corrected chi connectivity index (χ0v) is 18.3. The van der Waals surface area contributed by atoms with Gasteiger partial charge in [0, 0.05) is 18.0 Å². The molecule has 0 aliphatic carbocycles. The summed E-state index contributed by atoms with van der Waals surface area (Å²) < 4.78 is 44.3. The summed E-state index contributed by atoms with van der Waals surface area (Å²) in [5.74, 6) is 0.186. The molecule has 0 bridgehead atoms. The maximum Gasteiger partial charge on any atom is 0.421 e. The van der Waals surface area contributed by atoms with Gasteiger partial charge in [-0.25, -0.2) is 0 Å². The van der Waals surface area contributed by atoms with Crippen molar-refractivity contribution in [3.63, 3.8) is 0 Å². The molecule has 0 fully saturated rings. The van der Waals surface area contributed by atoms with Crippen molar-refractivity contribution in [2.75, 3.05) is 11.9 Å². The summed E-state index contributed by atoms with van der Waals surface area (Å²) in [6.07, 6.45) is -4.93. The van der Waals surface area contributed by atoms with Crippen LogP contribution in [0.15, 0.2) is 22.7 Å². The van der Waals surface area contributed by atoms with Gasteiger partial charge in [-0.2, -0.15) is 13.2 Å². The third-order valence-corrected chi connectivity index (χ3v) is 4.91. The van der Waals surface area contributed by atoms with Gasteiger partial charge in [0.05, 0.1) is 28.0 Å². The second-order valence-corrected chi connectivity index (χ2v) is 8.78. The molecule has 0 radical (unpaired) electrons. The smallest absolute Gasteiger partial charge is 0.376 e. The number of rotatable bonds is 6. The predicted molar refractivity (Wildman–Crippen MR) is 108 cm³/mol. The van der Waals surface area contributed by atoms with Crippen LogP contribution in [0, 0.1) is 0 Å². The molecule has 2 rings (SSSR count). The summed E-state index contributed by atoms with van der Waals surface area (Å²) in [5, 5.41) is 18.5. The van der Waals surface area contributed by atoms with Crippen LogP contribution in [-0.2, 0) is 22.4 Å². The molecular formula is C19H22Cl2F3N3O3. The number of nitrogens with zero attached hydrogens (tertiary/aromatic N) is 1. The minimum Gasteiger partial charge on any atom is -0.376 e. The van der Waals surface area contributed by atoms with Crippen molar-refractivity contribution in [3.8, 4) is 0 Å². The maximum atomic E-state index is 13.0. The first-order valence-electron chi connectivity index (χ1n) is 8.88. The number of carbonyl (C=O) groups excluding carboxylic acids is 1. The molecule has 2 aromatic rings. The molecule has 1 aromatic carbocycles. The van der Waals surface area contributed by atoms with Crippen molar-refractivity contribution in [2.24, 2.45) is 0 Å². The third kappa shape index (κ3) is 5.66. The number of aromatic nitrogens is 1. The lowest BCUT2D eigenvalue weighted by Crippen LogP contribution is -2.39. The number of amides is 1. The van der Waals surface area contributed by atoms with Crippen molar-refractivity contribution >= 4 is 34.8 Å². The molecular weight excluding hydrogens is 446 g/mol. The van der Waals surface area contributed by atoms with E-state index >= 15 is 0 Å². The standard InChI is InChI=1S/C19H22Cl2F3N3O3/c1-17(2,3)14-7-11(27-30-14)8-25-9-15(28)26-16-12(20)5-10(6-13(16)21)18(4,29)19(22,23)24/h5-7,25,29H,8-9H2,1-4H3,(H,26,28). The van der Waals surface area contributed by atoms with Crippen molar-refractivity contribution < 1.29 is 27.6 Å². The van der Waals surface area contributed by atoms with Gasteiger partial charge in [-0.15, -0.1) is 0 Å². The Morgan fingerprint density at radius 2 is 1.70 bits per heavy atom. The molecule has 1 atom stereocenters. The van der Waals surface area contributed by atoms with E-state index in [0.29, 0.717) is 18.4 Å². The van der Waals surface area contributed by atoms with E-state index < -0.39 is 23.2 Å². The number of anilines is 1. The highest BCUT2D eigenvalue weighted by Gasteiger charge is 2.51. The van der Waals surface area contributed by atoms with Crippen LogP contribution in [-0.4, -0.2) is 28.9 Å². The zero-order valence-electron chi connectivity index (χ0n) is 16.7. The van der Waals surface area contributed by atoms with Gasteiger partial charge >= 0.3 is 6.18 Å². The third-order valence-electron chi connectivity index (χ3n) is 4.31. The van der Waals surface area contributed by atoms with Crippen LogP contribution in [0.3, 0.4) is 0 Å². The zero-order chi connectivity index (χ0) is 22.9. The number of aliphatic hydroxyl groups is 1. The van der Waals surface area contributed by atoms with Crippen LogP contribution in [0.4, 0.5) is 18.9 Å². The Hall–Kier alpha value is -1.81. The number of benzene rings is 1. The number of hydrogen-bond donors (Lipinski definition) is 3. The second-order valence-electron chi connectivity index (χ2n) is 7.97. The Kier molecular flexibility index (Phi) is 7.13. The van der Waals surface area contributed by atoms with E-state index in [4.69, 9.17) is 27.7 Å². The van der Waals surface area contributed by atoms with Gasteiger partial charge < -0.3 is 20.3 Å². The fraction of sp³-hybridized carbons (Fsp3) is 0.474. The first-order valence-corrected chi connectivity index (χ1v) is 9.64. The van der Waals surface area contributed by atoms with E-state index in [1.54, 1.807) is 6.07 Å². The monoisotopic (exact) mass is 467 g/mol. The van der Waals surface area contributed by atoms with Crippen LogP contribution < -0.4 is 10.6 Å². The Morgan fingerprint density at radius 1 is 1.13 bits per heavy atom. The quantitative estimate of drug-likeness (QED) is 0.568. The lowest BCUT2D eigenvalue weighted by molar-refractivity contribution is -0.258. The number of halogens is 5. The van der Waals surface area contributed by atoms with E-state index in [1.807, 2.05) is 20.8 Å². The van der Waals surface area contributed by atoms with E-state index in [9.17, 15) is 23.1 Å². The maximum absolute atomic E-state index is 13.0. The molecule has 0 aliphatic heterocycles. The number of nitrogens with one attached hydrogen (secondary N) is 2. The van der Waals surface area contributed by atoms with Crippen LogP contribution in [0.1, 0.15) is 44.7 Å². The summed E-state index contributed by atoms with van der Waals surface area (Å²) >= 11 is 12.0. The molecule has 1 amide bonds. The predicted octanol–water partition coefficient (Wildman–Crippen LogP) is 4.78. The van der Waals surface area contributed by atoms with Gasteiger partial charge in [-0.1, -0.05) is 49.1 Å². The molecule has 1 heterocycles. The molecule has 1 unspecified atom stereocenters. The van der Waals surface area contributed by atoms with Gasteiger partial charge in [0.1, 0.15) is 5.76 Å². The summed E-state index contributed by atoms with van der Waals surface area (Å²) in [7, 11) is 0. The highest BCUT2D eigenvalue weighted by molar-refractivity contribution is 6.39. The lowest BCUT2D eigenvalue weighted by Gasteiger charge is -2.27. The van der Waals surface area contributed by atoms with E-state index in [0.717, 1.165) is 12.1 Å². The molecule has 0 spiro atoms. The minimum absolute atomic E-state index is 0.0525. The first-order chi connectivity index (χ1) is 13.6. The molecule has 1 aromatic heterocycles. The van der Waals surface area contributed by atoms with Crippen LogP contribution >= 0.6 is 23.2 Å². The van der Waals surface area contributed by atoms with E-state index in [1.165, 1.54) is 0 Å². The second kappa shape index (κ2) is 8.74. The van der Waals surface area contributed by atoms with Gasteiger partial charge in [0.15, 0.2) is 5.60 Å². The summed E-state index contributed by atoms with van der Waals surface area (Å²) in [4.78, 5) is 12.1. The number of hydrogen-bond acceptors (Lipinski definition) is 5. The van der Waals surface area contributed by atoms with Crippen LogP contribution in [0.2, 0.25) is 10.0 Å². The average molecular weight is 468 g/mol. The summed E-state index contributed by atoms with van der Waals surface area (Å²) in [6.45, 7) is 6.65. The fourth-order valence-electron chi connectivity index (χ4n) is 2.37. The van der Waals surface area contributed by atoms with Crippen LogP contribution in [0.5, 0.6) is 0 Å². The van der Waals surface area contributed by atoms with Crippen molar-refractivity contribution in [3.05, 3.63) is 45.3 Å². The molecule has 166 valence electrons. The van der Waals surface area contributed by atoms with Crippen molar-refractivity contribution in [1.29, 1.82) is 0 Å². The molecule has 6 nitrogen and oxygen atoms in total. The normalized spacial score (nSPS) is 14.5. The Balaban J connectivity index is 2.01. The summed E-state index contributed by atoms with van der Waals surface area (Å²) in [5.41, 5.74) is -3.32. The Morgan fingerprint density at radius 3 is 2.17 bits per heavy atom. The van der Waals surface area contributed by atoms with E-state index in [2.05, 4.69) is 15.8 Å². The van der Waals surface area contributed by atoms with Gasteiger partial charge in [0.2, 0.25) is 5.91 Å². The van der Waals surface area contributed by atoms with Crippen LogP contribution in [0.25, 0.3) is 0 Å². The average Bonchev–Trinajstić information content (AvgIpc) is 3.06. The molecule has 0 aliphatic rings. The topological polar surface area (TPSA) is 87.4 Å². The molecule has 30 heavy (non-hydrogen) atoms. The van der Waals surface area contributed by atoms with E-state index in [-0.39, 0.29) is 34.2 Å². The molecule has 0 saturated carbocycles. The van der Waals surface area contributed by atoms with Gasteiger partial charge in [0.25, 0.3) is 0 Å². The number of carbonyl (C=O) groups is 1. The Labute approximate surface area is 181 Å². The molecule has 11 heteroatoms. The van der Waals surface area contributed by atoms with Gasteiger partial charge in [-0.3, -0.25) is 4.79 Å². The Bertz CT molecular complexity index is 899.